The highest BCUT2D eigenvalue weighted by atomic mass is 35.5. The number of carbonyl (C=O) groups is 1. The molecule has 148 valence electrons. The molecule has 1 aliphatic carbocycles. The minimum absolute atomic E-state index is 0.0202. The van der Waals surface area contributed by atoms with Crippen LogP contribution in [0.5, 0.6) is 11.6 Å². The first-order chi connectivity index (χ1) is 13.6. The molecule has 0 radical (unpaired) electrons. The third-order valence-corrected chi connectivity index (χ3v) is 6.13. The van der Waals surface area contributed by atoms with E-state index >= 15 is 0 Å². The number of rotatable bonds is 4. The molecule has 4 rings (SSSR count). The molecule has 0 N–H and O–H groups in total. The first-order valence-electron chi connectivity index (χ1n) is 10.0. The van der Waals surface area contributed by atoms with Crippen LogP contribution in [0.2, 0.25) is 5.02 Å². The van der Waals surface area contributed by atoms with Gasteiger partial charge in [-0.15, -0.1) is 0 Å². The second-order valence-corrected chi connectivity index (χ2v) is 8.05. The van der Waals surface area contributed by atoms with Gasteiger partial charge in [0.25, 0.3) is 5.91 Å². The number of nitrogens with zero attached hydrogens (tertiary/aromatic N) is 3. The minimum Gasteiger partial charge on any atom is -0.439 e. The number of halogens is 1. The highest BCUT2D eigenvalue weighted by molar-refractivity contribution is 6.31. The standard InChI is InChI=1S/C22H26ClN3O2/c1-16-15-18(9-10-19(16)23)28-21-8-3-7-20(24-21)22(27)26-12-4-11-25(13-14-26)17-5-2-6-17/h3,7-10,15,17H,2,4-6,11-14H2,1H3. The summed E-state index contributed by atoms with van der Waals surface area (Å²) in [4.78, 5) is 21.9. The smallest absolute Gasteiger partial charge is 0.272 e. The van der Waals surface area contributed by atoms with Crippen LogP contribution in [0.25, 0.3) is 0 Å². The Bertz CT molecular complexity index is 853. The summed E-state index contributed by atoms with van der Waals surface area (Å²) in [6, 6.07) is 11.5. The molecule has 2 aliphatic rings. The van der Waals surface area contributed by atoms with Crippen LogP contribution in [0, 0.1) is 6.92 Å². The first kappa shape index (κ1) is 19.2. The first-order valence-corrected chi connectivity index (χ1v) is 10.4. The lowest BCUT2D eigenvalue weighted by molar-refractivity contribution is 0.0743. The lowest BCUT2D eigenvalue weighted by Crippen LogP contribution is -2.42. The average molecular weight is 400 g/mol. The molecule has 2 fully saturated rings. The summed E-state index contributed by atoms with van der Waals surface area (Å²) in [5.74, 6) is 1.05. The summed E-state index contributed by atoms with van der Waals surface area (Å²) in [5, 5.41) is 0.696. The van der Waals surface area contributed by atoms with E-state index in [0.717, 1.165) is 44.2 Å². The van der Waals surface area contributed by atoms with Gasteiger partial charge in [0.15, 0.2) is 0 Å². The third-order valence-electron chi connectivity index (χ3n) is 5.70. The Morgan fingerprint density at radius 3 is 2.71 bits per heavy atom. The molecule has 0 unspecified atom stereocenters. The SMILES string of the molecule is Cc1cc(Oc2cccc(C(=O)N3CCCN(C4CCC4)CC3)n2)ccc1Cl. The van der Waals surface area contributed by atoms with Crippen molar-refractivity contribution in [3.8, 4) is 11.6 Å². The van der Waals surface area contributed by atoms with E-state index in [-0.39, 0.29) is 5.91 Å². The molecule has 1 aromatic heterocycles. The van der Waals surface area contributed by atoms with E-state index in [1.165, 1.54) is 19.3 Å². The van der Waals surface area contributed by atoms with Crippen molar-refractivity contribution in [2.24, 2.45) is 0 Å². The Morgan fingerprint density at radius 2 is 1.96 bits per heavy atom. The Kier molecular flexibility index (Phi) is 5.83. The lowest BCUT2D eigenvalue weighted by Gasteiger charge is -2.36. The summed E-state index contributed by atoms with van der Waals surface area (Å²) in [7, 11) is 0. The van der Waals surface area contributed by atoms with Crippen LogP contribution < -0.4 is 4.74 Å². The zero-order valence-corrected chi connectivity index (χ0v) is 17.0. The molecule has 5 nitrogen and oxygen atoms in total. The van der Waals surface area contributed by atoms with Crippen LogP contribution in [0.3, 0.4) is 0 Å². The number of aryl methyl sites for hydroxylation is 1. The molecule has 2 heterocycles. The van der Waals surface area contributed by atoms with Gasteiger partial charge in [-0.1, -0.05) is 24.1 Å². The van der Waals surface area contributed by atoms with Crippen molar-refractivity contribution in [1.29, 1.82) is 0 Å². The molecule has 0 bridgehead atoms. The zero-order valence-electron chi connectivity index (χ0n) is 16.2. The van der Waals surface area contributed by atoms with E-state index in [1.54, 1.807) is 24.3 Å². The highest BCUT2D eigenvalue weighted by Crippen LogP contribution is 2.27. The van der Waals surface area contributed by atoms with Gasteiger partial charge in [-0.25, -0.2) is 4.98 Å². The van der Waals surface area contributed by atoms with Crippen molar-refractivity contribution in [3.63, 3.8) is 0 Å². The highest BCUT2D eigenvalue weighted by Gasteiger charge is 2.28. The zero-order chi connectivity index (χ0) is 19.5. The molecule has 0 atom stereocenters. The Hall–Kier alpha value is -2.11. The summed E-state index contributed by atoms with van der Waals surface area (Å²) in [5.41, 5.74) is 1.37. The number of carbonyl (C=O) groups excluding carboxylic acids is 1. The number of amides is 1. The van der Waals surface area contributed by atoms with Crippen molar-refractivity contribution in [3.05, 3.63) is 52.7 Å². The largest absolute Gasteiger partial charge is 0.439 e. The maximum Gasteiger partial charge on any atom is 0.272 e. The number of hydrogen-bond acceptors (Lipinski definition) is 4. The predicted molar refractivity (Wildman–Crippen MR) is 110 cm³/mol. The second-order valence-electron chi connectivity index (χ2n) is 7.64. The Balaban J connectivity index is 1.42. The lowest BCUT2D eigenvalue weighted by atomic mass is 9.91. The molecule has 1 aliphatic heterocycles. The van der Waals surface area contributed by atoms with Gasteiger partial charge in [-0.3, -0.25) is 9.69 Å². The fourth-order valence-electron chi connectivity index (χ4n) is 3.81. The fourth-order valence-corrected chi connectivity index (χ4v) is 3.93. The van der Waals surface area contributed by atoms with Crippen LogP contribution in [0.15, 0.2) is 36.4 Å². The van der Waals surface area contributed by atoms with E-state index in [9.17, 15) is 4.79 Å². The maximum atomic E-state index is 13.0. The van der Waals surface area contributed by atoms with Gasteiger partial charge < -0.3 is 9.64 Å². The molecule has 0 spiro atoms. The maximum absolute atomic E-state index is 13.0. The van der Waals surface area contributed by atoms with Gasteiger partial charge >= 0.3 is 0 Å². The topological polar surface area (TPSA) is 45.7 Å². The second kappa shape index (κ2) is 8.50. The van der Waals surface area contributed by atoms with E-state index in [4.69, 9.17) is 16.3 Å². The number of pyridine rings is 1. The van der Waals surface area contributed by atoms with Gasteiger partial charge in [-0.2, -0.15) is 0 Å². The van der Waals surface area contributed by atoms with Gasteiger partial charge in [-0.05, 0) is 56.0 Å². The van der Waals surface area contributed by atoms with E-state index in [0.29, 0.717) is 22.3 Å². The minimum atomic E-state index is -0.0202. The van der Waals surface area contributed by atoms with Crippen molar-refractivity contribution in [2.75, 3.05) is 26.2 Å². The van der Waals surface area contributed by atoms with Crippen LogP contribution in [-0.2, 0) is 0 Å². The van der Waals surface area contributed by atoms with Crippen molar-refractivity contribution in [2.45, 2.75) is 38.6 Å². The summed E-state index contributed by atoms with van der Waals surface area (Å²) >= 11 is 6.07. The molecule has 1 saturated carbocycles. The fraction of sp³-hybridized carbons (Fsp3) is 0.455. The van der Waals surface area contributed by atoms with Gasteiger partial charge in [0, 0.05) is 43.3 Å². The quantitative estimate of drug-likeness (QED) is 0.757. The molecular weight excluding hydrogens is 374 g/mol. The number of ether oxygens (including phenoxy) is 1. The monoisotopic (exact) mass is 399 g/mol. The van der Waals surface area contributed by atoms with Crippen molar-refractivity contribution < 1.29 is 9.53 Å². The van der Waals surface area contributed by atoms with Gasteiger partial charge in [0.1, 0.15) is 11.4 Å². The van der Waals surface area contributed by atoms with Crippen LogP contribution in [-0.4, -0.2) is 52.9 Å². The number of aromatic nitrogens is 1. The molecule has 1 aromatic carbocycles. The van der Waals surface area contributed by atoms with E-state index < -0.39 is 0 Å². The number of hydrogen-bond donors (Lipinski definition) is 0. The van der Waals surface area contributed by atoms with Crippen LogP contribution in [0.4, 0.5) is 0 Å². The molecule has 28 heavy (non-hydrogen) atoms. The predicted octanol–water partition coefficient (Wildman–Crippen LogP) is 4.54. The van der Waals surface area contributed by atoms with Crippen molar-refractivity contribution >= 4 is 17.5 Å². The van der Waals surface area contributed by atoms with Crippen LogP contribution >= 0.6 is 11.6 Å². The van der Waals surface area contributed by atoms with E-state index in [2.05, 4.69) is 9.88 Å². The van der Waals surface area contributed by atoms with Gasteiger partial charge in [0.2, 0.25) is 5.88 Å². The number of benzene rings is 1. The van der Waals surface area contributed by atoms with Crippen LogP contribution in [0.1, 0.15) is 41.7 Å². The van der Waals surface area contributed by atoms with Gasteiger partial charge in [0.05, 0.1) is 0 Å². The average Bonchev–Trinajstić information content (AvgIpc) is 2.89. The molecular formula is C22H26ClN3O2. The third kappa shape index (κ3) is 4.31. The molecule has 2 aromatic rings. The summed E-state index contributed by atoms with van der Waals surface area (Å²) in [6.45, 7) is 5.51. The van der Waals surface area contributed by atoms with E-state index in [1.807, 2.05) is 24.0 Å². The molecule has 1 amide bonds. The molecule has 6 heteroatoms. The molecule has 1 saturated heterocycles. The normalized spacial score (nSPS) is 18.4. The Morgan fingerprint density at radius 1 is 1.11 bits per heavy atom. The summed E-state index contributed by atoms with van der Waals surface area (Å²) in [6.07, 6.45) is 4.97. The van der Waals surface area contributed by atoms with Crippen molar-refractivity contribution in [1.82, 2.24) is 14.8 Å². The summed E-state index contributed by atoms with van der Waals surface area (Å²) < 4.78 is 5.84. The Labute approximate surface area is 171 Å².